The molecule has 0 aromatic rings. The molecule has 1 atom stereocenters. The van der Waals surface area contributed by atoms with Crippen molar-refractivity contribution in [1.82, 2.24) is 0 Å². The molecular formula is C16H33BrSi. The number of hydrogen-bond acceptors (Lipinski definition) is 0. The molecule has 0 aliphatic rings. The molecule has 0 N–H and O–H groups in total. The zero-order chi connectivity index (χ0) is 14.3. The number of alkyl halides is 1. The van der Waals surface area contributed by atoms with Crippen molar-refractivity contribution in [2.75, 3.05) is 5.33 Å². The molecular weight excluding hydrogens is 300 g/mol. The van der Waals surface area contributed by atoms with Gasteiger partial charge in [0.2, 0.25) is 0 Å². The minimum Gasteiger partial charge on any atom is -0.0925 e. The van der Waals surface area contributed by atoms with Crippen molar-refractivity contribution in [3.63, 3.8) is 0 Å². The van der Waals surface area contributed by atoms with Gasteiger partial charge in [-0.3, -0.25) is 0 Å². The Morgan fingerprint density at radius 1 is 0.944 bits per heavy atom. The van der Waals surface area contributed by atoms with Crippen LogP contribution in [0.15, 0.2) is 12.2 Å². The van der Waals surface area contributed by atoms with Gasteiger partial charge in [-0.25, -0.2) is 0 Å². The normalized spacial score (nSPS) is 15.3. The van der Waals surface area contributed by atoms with E-state index in [0.717, 1.165) is 33.9 Å². The van der Waals surface area contributed by atoms with Crippen LogP contribution in [0.25, 0.3) is 0 Å². The zero-order valence-electron chi connectivity index (χ0n) is 13.5. The van der Waals surface area contributed by atoms with Gasteiger partial charge in [-0.15, -0.1) is 0 Å². The van der Waals surface area contributed by atoms with E-state index >= 15 is 0 Å². The van der Waals surface area contributed by atoms with E-state index in [0.29, 0.717) is 0 Å². The summed E-state index contributed by atoms with van der Waals surface area (Å²) in [5.74, 6) is 0. The fourth-order valence-corrected chi connectivity index (χ4v) is 12.3. The van der Waals surface area contributed by atoms with Crippen LogP contribution in [0.4, 0.5) is 0 Å². The third-order valence-corrected chi connectivity index (χ3v) is 13.1. The average Bonchev–Trinajstić information content (AvgIpc) is 2.26. The van der Waals surface area contributed by atoms with Gasteiger partial charge < -0.3 is 0 Å². The van der Waals surface area contributed by atoms with Crippen LogP contribution < -0.4 is 0 Å². The van der Waals surface area contributed by atoms with E-state index in [2.05, 4.69) is 76.5 Å². The Bertz CT molecular complexity index is 222. The SMILES string of the molecule is CC[C@@H](/C=C/CCBr)[Si](C(C)C)(C(C)C)C(C)C. The number of allylic oxidation sites excluding steroid dienone is 2. The summed E-state index contributed by atoms with van der Waals surface area (Å²) in [4.78, 5) is 0. The van der Waals surface area contributed by atoms with Crippen LogP contribution >= 0.6 is 15.9 Å². The monoisotopic (exact) mass is 332 g/mol. The topological polar surface area (TPSA) is 0 Å². The molecule has 0 spiro atoms. The van der Waals surface area contributed by atoms with Gasteiger partial charge in [0.15, 0.2) is 0 Å². The molecule has 0 amide bonds. The summed E-state index contributed by atoms with van der Waals surface area (Å²) in [5.41, 5.74) is 3.40. The van der Waals surface area contributed by atoms with Gasteiger partial charge in [-0.05, 0) is 12.0 Å². The van der Waals surface area contributed by atoms with Crippen molar-refractivity contribution in [1.29, 1.82) is 0 Å². The smallest absolute Gasteiger partial charge is 0.0681 e. The largest absolute Gasteiger partial charge is 0.0925 e. The van der Waals surface area contributed by atoms with Gasteiger partial charge in [0.1, 0.15) is 0 Å². The lowest BCUT2D eigenvalue weighted by molar-refractivity contribution is 0.738. The van der Waals surface area contributed by atoms with E-state index in [9.17, 15) is 0 Å². The quantitative estimate of drug-likeness (QED) is 0.261. The third-order valence-electron chi connectivity index (χ3n) is 4.73. The summed E-state index contributed by atoms with van der Waals surface area (Å²) in [6.07, 6.45) is 7.42. The van der Waals surface area contributed by atoms with Crippen LogP contribution in [-0.2, 0) is 0 Å². The molecule has 0 aliphatic heterocycles. The Balaban J connectivity index is 5.37. The van der Waals surface area contributed by atoms with Gasteiger partial charge in [0.25, 0.3) is 0 Å². The summed E-state index contributed by atoms with van der Waals surface area (Å²) < 4.78 is 0. The fourth-order valence-electron chi connectivity index (χ4n) is 4.26. The molecule has 0 saturated heterocycles. The molecule has 0 unspecified atom stereocenters. The highest BCUT2D eigenvalue weighted by molar-refractivity contribution is 9.09. The molecule has 0 aromatic heterocycles. The van der Waals surface area contributed by atoms with Crippen LogP contribution in [0.5, 0.6) is 0 Å². The first-order valence-corrected chi connectivity index (χ1v) is 11.0. The third kappa shape index (κ3) is 3.96. The van der Waals surface area contributed by atoms with Crippen molar-refractivity contribution in [3.8, 4) is 0 Å². The second-order valence-corrected chi connectivity index (χ2v) is 13.4. The first-order chi connectivity index (χ1) is 8.35. The van der Waals surface area contributed by atoms with Crippen LogP contribution in [0, 0.1) is 0 Å². The van der Waals surface area contributed by atoms with Crippen LogP contribution in [0.2, 0.25) is 22.2 Å². The maximum Gasteiger partial charge on any atom is 0.0681 e. The van der Waals surface area contributed by atoms with E-state index in [1.165, 1.54) is 6.42 Å². The minimum atomic E-state index is -1.31. The molecule has 0 bridgehead atoms. The van der Waals surface area contributed by atoms with E-state index in [4.69, 9.17) is 0 Å². The highest BCUT2D eigenvalue weighted by Crippen LogP contribution is 2.51. The van der Waals surface area contributed by atoms with Crippen molar-refractivity contribution < 1.29 is 0 Å². The lowest BCUT2D eigenvalue weighted by Crippen LogP contribution is -2.48. The number of hydrogen-bond donors (Lipinski definition) is 0. The molecule has 0 saturated carbocycles. The molecule has 0 rings (SSSR count). The lowest BCUT2D eigenvalue weighted by Gasteiger charge is -2.48. The van der Waals surface area contributed by atoms with Crippen molar-refractivity contribution in [3.05, 3.63) is 12.2 Å². The number of halogens is 1. The summed E-state index contributed by atoms with van der Waals surface area (Å²) in [6.45, 7) is 17.2. The predicted molar refractivity (Wildman–Crippen MR) is 92.6 cm³/mol. The second kappa shape index (κ2) is 8.58. The Hall–Kier alpha value is 0.437. The van der Waals surface area contributed by atoms with Gasteiger partial charge in [-0.2, -0.15) is 0 Å². The summed E-state index contributed by atoms with van der Waals surface area (Å²) in [7, 11) is -1.31. The van der Waals surface area contributed by atoms with Gasteiger partial charge in [0.05, 0.1) is 8.07 Å². The summed E-state index contributed by atoms with van der Waals surface area (Å²) in [6, 6.07) is 0. The Labute approximate surface area is 125 Å². The van der Waals surface area contributed by atoms with Gasteiger partial charge in [-0.1, -0.05) is 99.6 Å². The molecule has 108 valence electrons. The maximum atomic E-state index is 3.52. The molecule has 2 heteroatoms. The van der Waals surface area contributed by atoms with Gasteiger partial charge in [0, 0.05) is 5.33 Å². The summed E-state index contributed by atoms with van der Waals surface area (Å²) >= 11 is 3.52. The molecule has 0 aromatic carbocycles. The molecule has 0 aliphatic carbocycles. The van der Waals surface area contributed by atoms with E-state index < -0.39 is 8.07 Å². The minimum absolute atomic E-state index is 0.830. The Kier molecular flexibility index (Phi) is 8.78. The lowest BCUT2D eigenvalue weighted by atomic mass is 10.3. The highest BCUT2D eigenvalue weighted by atomic mass is 79.9. The van der Waals surface area contributed by atoms with Gasteiger partial charge >= 0.3 is 0 Å². The number of rotatable bonds is 8. The van der Waals surface area contributed by atoms with Crippen molar-refractivity contribution >= 4 is 24.0 Å². The van der Waals surface area contributed by atoms with Crippen LogP contribution in [-0.4, -0.2) is 13.4 Å². The molecule has 0 fully saturated rings. The standard InChI is InChI=1S/C16H33BrSi/c1-8-16(11-9-10-12-17)18(13(2)3,14(4)5)15(6)7/h9,11,13-16H,8,10,12H2,1-7H3/b11-9+/t16-/m0/s1. The summed E-state index contributed by atoms with van der Waals surface area (Å²) in [5, 5.41) is 1.08. The second-order valence-electron chi connectivity index (χ2n) is 6.38. The Morgan fingerprint density at radius 2 is 1.39 bits per heavy atom. The van der Waals surface area contributed by atoms with E-state index in [-0.39, 0.29) is 0 Å². The van der Waals surface area contributed by atoms with E-state index in [1.54, 1.807) is 0 Å². The van der Waals surface area contributed by atoms with Crippen molar-refractivity contribution in [2.24, 2.45) is 0 Å². The molecule has 0 heterocycles. The zero-order valence-corrected chi connectivity index (χ0v) is 16.0. The Morgan fingerprint density at radius 3 is 1.67 bits per heavy atom. The van der Waals surface area contributed by atoms with Crippen LogP contribution in [0.3, 0.4) is 0 Å². The highest BCUT2D eigenvalue weighted by Gasteiger charge is 2.46. The van der Waals surface area contributed by atoms with Crippen molar-refractivity contribution in [2.45, 2.75) is 83.5 Å². The predicted octanol–water partition coefficient (Wildman–Crippen LogP) is 6.79. The molecule has 0 nitrogen and oxygen atoms in total. The fraction of sp³-hybridized carbons (Fsp3) is 0.875. The van der Waals surface area contributed by atoms with E-state index in [1.807, 2.05) is 0 Å². The maximum absolute atomic E-state index is 3.52. The average molecular weight is 333 g/mol. The molecule has 18 heavy (non-hydrogen) atoms. The molecule has 0 radical (unpaired) electrons. The first-order valence-electron chi connectivity index (χ1n) is 7.58. The van der Waals surface area contributed by atoms with Crippen LogP contribution in [0.1, 0.15) is 61.3 Å². The first kappa shape index (κ1) is 18.4.